The zero-order chi connectivity index (χ0) is 33.7. The SMILES string of the molecule is COc1ccc(CNc2nccc3c2c(-c2ccc4c(c2F)CCN4C(=O)Cc2cc(C(F)(F)F)ccc2F)nn3C2CC2)c(OC)c1. The summed E-state index contributed by atoms with van der Waals surface area (Å²) >= 11 is 0. The Kier molecular flexibility index (Phi) is 7.92. The van der Waals surface area contributed by atoms with Crippen molar-refractivity contribution in [1.82, 2.24) is 14.8 Å². The van der Waals surface area contributed by atoms with E-state index in [1.54, 1.807) is 38.6 Å². The van der Waals surface area contributed by atoms with Crippen LogP contribution in [0.4, 0.5) is 33.5 Å². The van der Waals surface area contributed by atoms with E-state index < -0.39 is 35.7 Å². The van der Waals surface area contributed by atoms with Gasteiger partial charge in [-0.2, -0.15) is 18.3 Å². The second kappa shape index (κ2) is 12.1. The number of hydrogen-bond acceptors (Lipinski definition) is 6. The zero-order valence-electron chi connectivity index (χ0n) is 26.0. The van der Waals surface area contributed by atoms with E-state index in [0.717, 1.165) is 23.9 Å². The van der Waals surface area contributed by atoms with E-state index >= 15 is 4.39 Å². The second-order valence-corrected chi connectivity index (χ2v) is 11.8. The first-order valence-electron chi connectivity index (χ1n) is 15.4. The summed E-state index contributed by atoms with van der Waals surface area (Å²) in [6.45, 7) is 0.452. The van der Waals surface area contributed by atoms with Crippen LogP contribution in [0, 0.1) is 11.6 Å². The molecule has 3 aromatic carbocycles. The van der Waals surface area contributed by atoms with Gasteiger partial charge in [-0.1, -0.05) is 0 Å². The van der Waals surface area contributed by atoms with E-state index in [1.807, 2.05) is 22.9 Å². The number of pyridine rings is 1. The predicted octanol–water partition coefficient (Wildman–Crippen LogP) is 7.49. The number of anilines is 2. The largest absolute Gasteiger partial charge is 0.497 e. The number of methoxy groups -OCH3 is 2. The van der Waals surface area contributed by atoms with Gasteiger partial charge >= 0.3 is 6.18 Å². The van der Waals surface area contributed by atoms with Crippen LogP contribution in [-0.4, -0.2) is 41.4 Å². The van der Waals surface area contributed by atoms with Gasteiger partial charge in [0.25, 0.3) is 0 Å². The normalized spacial score (nSPS) is 14.4. The third-order valence-electron chi connectivity index (χ3n) is 8.82. The van der Waals surface area contributed by atoms with Crippen LogP contribution in [-0.2, 0) is 30.4 Å². The lowest BCUT2D eigenvalue weighted by molar-refractivity contribution is -0.137. The average molecular weight is 664 g/mol. The summed E-state index contributed by atoms with van der Waals surface area (Å²) in [4.78, 5) is 19.1. The van der Waals surface area contributed by atoms with Crippen LogP contribution in [0.3, 0.4) is 0 Å². The summed E-state index contributed by atoms with van der Waals surface area (Å²) < 4.78 is 83.3. The number of alkyl halides is 3. The smallest absolute Gasteiger partial charge is 0.416 e. The monoisotopic (exact) mass is 663 g/mol. The van der Waals surface area contributed by atoms with Crippen molar-refractivity contribution in [2.75, 3.05) is 31.0 Å². The Balaban J connectivity index is 1.22. The summed E-state index contributed by atoms with van der Waals surface area (Å²) in [5, 5.41) is 8.88. The number of benzene rings is 3. The Labute approximate surface area is 272 Å². The highest BCUT2D eigenvalue weighted by molar-refractivity contribution is 6.02. The van der Waals surface area contributed by atoms with Crippen LogP contribution in [0.1, 0.15) is 41.1 Å². The van der Waals surface area contributed by atoms with Crippen LogP contribution >= 0.6 is 0 Å². The average Bonchev–Trinajstić information content (AvgIpc) is 3.70. The lowest BCUT2D eigenvalue weighted by Gasteiger charge is -2.19. The fourth-order valence-corrected chi connectivity index (χ4v) is 6.22. The first-order valence-corrected chi connectivity index (χ1v) is 15.4. The minimum Gasteiger partial charge on any atom is -0.497 e. The van der Waals surface area contributed by atoms with E-state index in [4.69, 9.17) is 14.6 Å². The van der Waals surface area contributed by atoms with Gasteiger partial charge in [0.05, 0.1) is 43.1 Å². The van der Waals surface area contributed by atoms with Crippen molar-refractivity contribution in [3.63, 3.8) is 0 Å². The van der Waals surface area contributed by atoms with Gasteiger partial charge < -0.3 is 19.7 Å². The van der Waals surface area contributed by atoms with E-state index in [-0.39, 0.29) is 35.7 Å². The molecule has 1 fully saturated rings. The van der Waals surface area contributed by atoms with Gasteiger partial charge in [0.2, 0.25) is 5.91 Å². The maximum absolute atomic E-state index is 16.4. The predicted molar refractivity (Wildman–Crippen MR) is 169 cm³/mol. The molecule has 5 aromatic rings. The van der Waals surface area contributed by atoms with Crippen molar-refractivity contribution in [1.29, 1.82) is 0 Å². The number of carbonyl (C=O) groups is 1. The van der Waals surface area contributed by atoms with Crippen molar-refractivity contribution >= 4 is 28.3 Å². The quantitative estimate of drug-likeness (QED) is 0.165. The third kappa shape index (κ3) is 5.67. The zero-order valence-corrected chi connectivity index (χ0v) is 26.0. The molecule has 48 heavy (non-hydrogen) atoms. The van der Waals surface area contributed by atoms with Gasteiger partial charge in [0.1, 0.15) is 34.6 Å². The van der Waals surface area contributed by atoms with Crippen molar-refractivity contribution in [2.24, 2.45) is 0 Å². The molecule has 0 spiro atoms. The lowest BCUT2D eigenvalue weighted by atomic mass is 10.0. The van der Waals surface area contributed by atoms with E-state index in [1.165, 1.54) is 4.90 Å². The van der Waals surface area contributed by atoms with E-state index in [2.05, 4.69) is 10.3 Å². The molecular weight excluding hydrogens is 633 g/mol. The van der Waals surface area contributed by atoms with Crippen LogP contribution in [0.2, 0.25) is 0 Å². The molecule has 1 saturated carbocycles. The second-order valence-electron chi connectivity index (χ2n) is 11.8. The fraction of sp³-hybridized carbons (Fsp3) is 0.286. The number of carbonyl (C=O) groups excluding carboxylic acids is 1. The van der Waals surface area contributed by atoms with Crippen molar-refractivity contribution in [2.45, 2.75) is 44.4 Å². The van der Waals surface area contributed by atoms with Crippen LogP contribution in [0.15, 0.2) is 60.8 Å². The van der Waals surface area contributed by atoms with Gasteiger partial charge in [-0.05, 0) is 73.4 Å². The summed E-state index contributed by atoms with van der Waals surface area (Å²) in [5.74, 6) is -0.318. The molecule has 8 nitrogen and oxygen atoms in total. The number of hydrogen-bond donors (Lipinski definition) is 1. The molecule has 2 aromatic heterocycles. The highest BCUT2D eigenvalue weighted by Gasteiger charge is 2.34. The third-order valence-corrected chi connectivity index (χ3v) is 8.82. The first-order chi connectivity index (χ1) is 23.1. The molecule has 1 aliphatic heterocycles. The molecule has 7 rings (SSSR count). The molecule has 0 bridgehead atoms. The maximum atomic E-state index is 16.4. The van der Waals surface area contributed by atoms with Gasteiger partial charge in [0, 0.05) is 47.7 Å². The van der Waals surface area contributed by atoms with E-state index in [9.17, 15) is 22.4 Å². The summed E-state index contributed by atoms with van der Waals surface area (Å²) in [6, 6.07) is 12.6. The number of nitrogens with zero attached hydrogens (tertiary/aromatic N) is 4. The van der Waals surface area contributed by atoms with E-state index in [0.29, 0.717) is 58.8 Å². The van der Waals surface area contributed by atoms with Crippen LogP contribution < -0.4 is 19.7 Å². The van der Waals surface area contributed by atoms with Crippen LogP contribution in [0.5, 0.6) is 11.5 Å². The molecule has 0 atom stereocenters. The molecule has 1 N–H and O–H groups in total. The molecule has 248 valence electrons. The number of aromatic nitrogens is 3. The molecule has 1 aliphatic carbocycles. The molecule has 13 heteroatoms. The molecule has 2 aliphatic rings. The Morgan fingerprint density at radius 2 is 1.81 bits per heavy atom. The van der Waals surface area contributed by atoms with Crippen molar-refractivity contribution in [3.05, 3.63) is 94.7 Å². The van der Waals surface area contributed by atoms with Gasteiger partial charge in [-0.15, -0.1) is 0 Å². The van der Waals surface area contributed by atoms with Gasteiger partial charge in [-0.3, -0.25) is 9.48 Å². The minimum absolute atomic E-state index is 0.102. The van der Waals surface area contributed by atoms with Crippen molar-refractivity contribution < 1.29 is 36.2 Å². The fourth-order valence-electron chi connectivity index (χ4n) is 6.22. The maximum Gasteiger partial charge on any atom is 0.416 e. The summed E-state index contributed by atoms with van der Waals surface area (Å²) in [6.07, 6.45) is -1.55. The lowest BCUT2D eigenvalue weighted by Crippen LogP contribution is -2.30. The minimum atomic E-state index is -4.69. The van der Waals surface area contributed by atoms with Gasteiger partial charge in [0.15, 0.2) is 0 Å². The Bertz CT molecular complexity index is 2060. The topological polar surface area (TPSA) is 81.5 Å². The van der Waals surface area contributed by atoms with Crippen LogP contribution in [0.25, 0.3) is 22.2 Å². The summed E-state index contributed by atoms with van der Waals surface area (Å²) in [5.41, 5.74) is 1.42. The van der Waals surface area contributed by atoms with Gasteiger partial charge in [-0.25, -0.2) is 13.8 Å². The Morgan fingerprint density at radius 1 is 1.00 bits per heavy atom. The molecule has 3 heterocycles. The number of fused-ring (bicyclic) bond motifs is 2. The number of halogens is 5. The highest BCUT2D eigenvalue weighted by Crippen LogP contribution is 2.44. The highest BCUT2D eigenvalue weighted by atomic mass is 19.4. The number of rotatable bonds is 9. The molecule has 0 unspecified atom stereocenters. The molecular formula is C35H30F5N5O3. The summed E-state index contributed by atoms with van der Waals surface area (Å²) in [7, 11) is 3.15. The Hall–Kier alpha value is -5.20. The number of nitrogens with one attached hydrogen (secondary N) is 1. The Morgan fingerprint density at radius 3 is 2.54 bits per heavy atom. The number of ether oxygens (including phenoxy) is 2. The molecule has 0 radical (unpaired) electrons. The molecule has 0 saturated heterocycles. The molecule has 1 amide bonds. The standard InChI is InChI=1S/C35H30F5N5O3/c1-47-23-7-3-19(29(17-23)48-2)18-42-34-31-28(11-13-41-34)45(22-5-6-22)43-33(31)25-8-10-27-24(32(25)37)12-14-44(27)30(46)16-20-15-21(35(38,39)40)4-9-26(20)36/h3-4,7-11,13,15,17,22H,5-6,12,14,16,18H2,1-2H3,(H,41,42). The number of amides is 1. The van der Waals surface area contributed by atoms with Crippen molar-refractivity contribution in [3.8, 4) is 22.8 Å². The first kappa shape index (κ1) is 31.4.